The van der Waals surface area contributed by atoms with Crippen LogP contribution in [0.25, 0.3) is 16.5 Å². The molecule has 4 heterocycles. The van der Waals surface area contributed by atoms with Crippen LogP contribution in [0.3, 0.4) is 0 Å². The van der Waals surface area contributed by atoms with Crippen molar-refractivity contribution >= 4 is 28.0 Å². The molecule has 2 fully saturated rings. The molecule has 0 saturated carbocycles. The number of hydrogen-bond acceptors (Lipinski definition) is 8. The maximum Gasteiger partial charge on any atom is 0.238 e. The van der Waals surface area contributed by atoms with Crippen LogP contribution in [-0.4, -0.2) is 51.9 Å². The molecule has 2 aliphatic heterocycles. The minimum atomic E-state index is -0.134. The number of aromatic hydroxyl groups is 1. The molecule has 0 amide bonds. The second-order valence-electron chi connectivity index (χ2n) is 7.52. The average molecular weight is 367 g/mol. The smallest absolute Gasteiger partial charge is 0.238 e. The summed E-state index contributed by atoms with van der Waals surface area (Å²) in [5, 5.41) is 22.5. The highest BCUT2D eigenvalue weighted by atomic mass is 16.3. The molecule has 4 rings (SSSR count). The van der Waals surface area contributed by atoms with Gasteiger partial charge in [-0.2, -0.15) is 0 Å². The number of nitrogens with one attached hydrogen (secondary N) is 2. The second-order valence-corrected chi connectivity index (χ2v) is 7.52. The van der Waals surface area contributed by atoms with Crippen molar-refractivity contribution in [3.05, 3.63) is 24.3 Å². The summed E-state index contributed by atoms with van der Waals surface area (Å²) in [5.41, 5.74) is 7.24. The molecule has 0 aliphatic carbocycles. The number of rotatable bonds is 3. The van der Waals surface area contributed by atoms with Crippen molar-refractivity contribution in [2.45, 2.75) is 26.2 Å². The Morgan fingerprint density at radius 2 is 2.11 bits per heavy atom. The van der Waals surface area contributed by atoms with Crippen LogP contribution in [0.5, 0.6) is 5.88 Å². The Bertz CT molecular complexity index is 908. The van der Waals surface area contributed by atoms with E-state index in [1.807, 2.05) is 6.07 Å². The molecule has 0 unspecified atom stereocenters. The molecule has 2 aromatic heterocycles. The van der Waals surface area contributed by atoms with E-state index in [1.54, 1.807) is 13.1 Å². The van der Waals surface area contributed by atoms with Crippen molar-refractivity contribution in [1.29, 1.82) is 5.41 Å². The van der Waals surface area contributed by atoms with Gasteiger partial charge in [-0.05, 0) is 44.2 Å². The lowest BCUT2D eigenvalue weighted by atomic mass is 9.78. The Labute approximate surface area is 158 Å². The zero-order valence-electron chi connectivity index (χ0n) is 15.5. The van der Waals surface area contributed by atoms with E-state index in [0.717, 1.165) is 50.2 Å². The Morgan fingerprint density at radius 1 is 1.33 bits per heavy atom. The van der Waals surface area contributed by atoms with Gasteiger partial charge in [-0.25, -0.2) is 15.0 Å². The average Bonchev–Trinajstić information content (AvgIpc) is 3.11. The van der Waals surface area contributed by atoms with Crippen LogP contribution in [0.15, 0.2) is 18.5 Å². The van der Waals surface area contributed by atoms with Crippen LogP contribution in [0, 0.1) is 10.8 Å². The van der Waals surface area contributed by atoms with Crippen LogP contribution < -0.4 is 16.0 Å². The number of nitrogens with zero attached hydrogens (tertiary/aromatic N) is 4. The third kappa shape index (κ3) is 3.10. The first kappa shape index (κ1) is 17.7. The fourth-order valence-electron chi connectivity index (χ4n) is 4.17. The molecule has 5 N–H and O–H groups in total. The zero-order valence-corrected chi connectivity index (χ0v) is 15.5. The number of nitrogens with two attached hydrogens (primary N) is 1. The van der Waals surface area contributed by atoms with E-state index in [4.69, 9.17) is 16.1 Å². The molecule has 0 bridgehead atoms. The van der Waals surface area contributed by atoms with Gasteiger partial charge in [0.2, 0.25) is 5.88 Å². The fourth-order valence-corrected chi connectivity index (χ4v) is 4.17. The molecule has 2 aromatic rings. The Morgan fingerprint density at radius 3 is 2.74 bits per heavy atom. The lowest BCUT2D eigenvalue weighted by Crippen LogP contribution is -2.41. The lowest BCUT2D eigenvalue weighted by molar-refractivity contribution is 0.247. The summed E-state index contributed by atoms with van der Waals surface area (Å²) < 4.78 is 0. The normalized spacial score (nSPS) is 19.7. The van der Waals surface area contributed by atoms with Gasteiger partial charge >= 0.3 is 0 Å². The summed E-state index contributed by atoms with van der Waals surface area (Å²) in [6.45, 7) is 5.65. The second kappa shape index (κ2) is 6.77. The van der Waals surface area contributed by atoms with Gasteiger partial charge in [-0.1, -0.05) is 0 Å². The van der Waals surface area contributed by atoms with Crippen molar-refractivity contribution in [3.8, 4) is 5.88 Å². The first-order valence-corrected chi connectivity index (χ1v) is 9.32. The minimum Gasteiger partial charge on any atom is -0.492 e. The molecular weight excluding hydrogens is 342 g/mol. The fraction of sp³-hybridized carbons (Fsp3) is 0.474. The zero-order chi connectivity index (χ0) is 19.0. The number of allylic oxidation sites excluding steroid dienone is 1. The highest BCUT2D eigenvalue weighted by Crippen LogP contribution is 2.39. The highest BCUT2D eigenvalue weighted by molar-refractivity contribution is 6.20. The van der Waals surface area contributed by atoms with E-state index < -0.39 is 0 Å². The standard InChI is InChI=1S/C19H25N7O/c1-12(21)14(10-20)16-24-15-13(2-6-23-18(15)27)17(25-16)26-8-4-19(5-9-26)3-7-22-11-19/h2,6,10,21-22H,3-5,7-9,11,20H2,1H3,(H,23,27)/b14-10+,21-12?. The predicted molar refractivity (Wildman–Crippen MR) is 106 cm³/mol. The topological polar surface area (TPSA) is 124 Å². The molecule has 2 saturated heterocycles. The quantitative estimate of drug-likeness (QED) is 0.608. The van der Waals surface area contributed by atoms with Crippen LogP contribution in [0.2, 0.25) is 0 Å². The van der Waals surface area contributed by atoms with E-state index in [0.29, 0.717) is 22.3 Å². The monoisotopic (exact) mass is 367 g/mol. The van der Waals surface area contributed by atoms with Gasteiger partial charge in [0.1, 0.15) is 11.3 Å². The van der Waals surface area contributed by atoms with E-state index in [-0.39, 0.29) is 11.6 Å². The van der Waals surface area contributed by atoms with Gasteiger partial charge in [-0.3, -0.25) is 0 Å². The van der Waals surface area contributed by atoms with Crippen LogP contribution in [0.1, 0.15) is 32.0 Å². The first-order chi connectivity index (χ1) is 13.0. The molecule has 8 heteroatoms. The van der Waals surface area contributed by atoms with Gasteiger partial charge < -0.3 is 26.5 Å². The third-order valence-electron chi connectivity index (χ3n) is 5.84. The van der Waals surface area contributed by atoms with Crippen molar-refractivity contribution in [3.63, 3.8) is 0 Å². The number of aromatic nitrogens is 3. The van der Waals surface area contributed by atoms with E-state index in [9.17, 15) is 5.11 Å². The summed E-state index contributed by atoms with van der Waals surface area (Å²) in [5.74, 6) is 0.984. The summed E-state index contributed by atoms with van der Waals surface area (Å²) in [7, 11) is 0. The Balaban J connectivity index is 1.77. The van der Waals surface area contributed by atoms with Gasteiger partial charge in [0.15, 0.2) is 5.82 Å². The number of anilines is 1. The van der Waals surface area contributed by atoms with Gasteiger partial charge in [-0.15, -0.1) is 0 Å². The maximum absolute atomic E-state index is 10.2. The van der Waals surface area contributed by atoms with E-state index in [1.165, 1.54) is 12.6 Å². The van der Waals surface area contributed by atoms with Crippen LogP contribution >= 0.6 is 0 Å². The van der Waals surface area contributed by atoms with Crippen LogP contribution in [-0.2, 0) is 0 Å². The van der Waals surface area contributed by atoms with Crippen LogP contribution in [0.4, 0.5) is 5.82 Å². The maximum atomic E-state index is 10.2. The number of hydrogen-bond donors (Lipinski definition) is 4. The number of piperidine rings is 1. The summed E-state index contributed by atoms with van der Waals surface area (Å²) in [4.78, 5) is 15.4. The summed E-state index contributed by atoms with van der Waals surface area (Å²) >= 11 is 0. The van der Waals surface area contributed by atoms with Crippen molar-refractivity contribution in [1.82, 2.24) is 20.3 Å². The van der Waals surface area contributed by atoms with Gasteiger partial charge in [0, 0.05) is 37.7 Å². The molecule has 8 nitrogen and oxygen atoms in total. The largest absolute Gasteiger partial charge is 0.492 e. The SMILES string of the molecule is CC(=N)/C(=C\N)c1nc(N2CCC3(CCNC3)CC2)c2ccnc(O)c2n1. The van der Waals surface area contributed by atoms with Gasteiger partial charge in [0.05, 0.1) is 11.0 Å². The molecule has 2 aliphatic rings. The summed E-state index contributed by atoms with van der Waals surface area (Å²) in [6.07, 6.45) is 6.37. The number of pyridine rings is 1. The number of fused-ring (bicyclic) bond motifs is 1. The van der Waals surface area contributed by atoms with E-state index in [2.05, 4.69) is 20.2 Å². The minimum absolute atomic E-state index is 0.134. The van der Waals surface area contributed by atoms with Crippen molar-refractivity contribution < 1.29 is 5.11 Å². The predicted octanol–water partition coefficient (Wildman–Crippen LogP) is 1.65. The first-order valence-electron chi connectivity index (χ1n) is 9.32. The summed E-state index contributed by atoms with van der Waals surface area (Å²) in [6, 6.07) is 1.83. The lowest BCUT2D eigenvalue weighted by Gasteiger charge is -2.39. The molecule has 1 spiro atoms. The third-order valence-corrected chi connectivity index (χ3v) is 5.84. The van der Waals surface area contributed by atoms with Crippen molar-refractivity contribution in [2.75, 3.05) is 31.1 Å². The molecular formula is C19H25N7O. The molecule has 0 radical (unpaired) electrons. The molecule has 0 aromatic carbocycles. The van der Waals surface area contributed by atoms with E-state index >= 15 is 0 Å². The Kier molecular flexibility index (Phi) is 4.43. The Hall–Kier alpha value is -2.74. The molecule has 142 valence electrons. The van der Waals surface area contributed by atoms with Crippen molar-refractivity contribution in [2.24, 2.45) is 11.1 Å². The van der Waals surface area contributed by atoms with Gasteiger partial charge in [0.25, 0.3) is 0 Å². The molecule has 0 atom stereocenters. The molecule has 27 heavy (non-hydrogen) atoms. The highest BCUT2D eigenvalue weighted by Gasteiger charge is 2.37.